The van der Waals surface area contributed by atoms with Crippen LogP contribution >= 0.6 is 23.2 Å². The average molecular weight is 220 g/mol. The number of aromatic nitrogens is 1. The molecule has 0 amide bonds. The Bertz CT molecular complexity index is 313. The van der Waals surface area contributed by atoms with Crippen LogP contribution in [0.5, 0.6) is 0 Å². The Morgan fingerprint density at radius 1 is 1.23 bits per heavy atom. The largest absolute Gasteiger partial charge is 0.346 e. The molecular weight excluding hydrogens is 213 g/mol. The summed E-state index contributed by atoms with van der Waals surface area (Å²) in [5, 5.41) is 0.700. The minimum atomic E-state index is -0.391. The van der Waals surface area contributed by atoms with E-state index in [9.17, 15) is 0 Å². The van der Waals surface area contributed by atoms with Crippen molar-refractivity contribution >= 4 is 23.2 Å². The molecule has 13 heavy (non-hydrogen) atoms. The fraction of sp³-hybridized carbons (Fsp3) is 0.375. The van der Waals surface area contributed by atoms with Crippen LogP contribution in [0.4, 0.5) is 0 Å². The van der Waals surface area contributed by atoms with Crippen LogP contribution < -0.4 is 0 Å². The van der Waals surface area contributed by atoms with Gasteiger partial charge in [-0.05, 0) is 12.1 Å². The van der Waals surface area contributed by atoms with Crippen LogP contribution in [0, 0.1) is 0 Å². The Balaban J connectivity index is 2.29. The highest BCUT2D eigenvalue weighted by atomic mass is 35.5. The van der Waals surface area contributed by atoms with Gasteiger partial charge in [0.25, 0.3) is 0 Å². The first-order chi connectivity index (χ1) is 6.27. The third-order valence-corrected chi connectivity index (χ3v) is 2.23. The molecule has 0 unspecified atom stereocenters. The molecule has 1 saturated heterocycles. The van der Waals surface area contributed by atoms with E-state index >= 15 is 0 Å². The van der Waals surface area contributed by atoms with Gasteiger partial charge in [0.1, 0.15) is 10.3 Å². The van der Waals surface area contributed by atoms with Crippen LogP contribution in [0.3, 0.4) is 0 Å². The number of nitrogens with zero attached hydrogens (tertiary/aromatic N) is 1. The topological polar surface area (TPSA) is 31.4 Å². The van der Waals surface area contributed by atoms with Gasteiger partial charge < -0.3 is 9.47 Å². The second-order valence-electron chi connectivity index (χ2n) is 2.59. The van der Waals surface area contributed by atoms with Gasteiger partial charge in [0, 0.05) is 5.56 Å². The molecule has 0 atom stereocenters. The first-order valence-electron chi connectivity index (χ1n) is 3.82. The minimum absolute atomic E-state index is 0.333. The third kappa shape index (κ3) is 1.94. The quantitative estimate of drug-likeness (QED) is 0.681. The molecular formula is C8H7Cl2NO2. The Morgan fingerprint density at radius 3 is 2.54 bits per heavy atom. The van der Waals surface area contributed by atoms with Crippen molar-refractivity contribution in [1.29, 1.82) is 0 Å². The summed E-state index contributed by atoms with van der Waals surface area (Å²) < 4.78 is 10.5. The molecule has 0 aliphatic carbocycles. The molecule has 1 aliphatic rings. The lowest BCUT2D eigenvalue weighted by molar-refractivity contribution is -0.0442. The summed E-state index contributed by atoms with van der Waals surface area (Å²) >= 11 is 11.5. The van der Waals surface area contributed by atoms with E-state index < -0.39 is 6.29 Å². The Labute approximate surface area is 85.6 Å². The first-order valence-corrected chi connectivity index (χ1v) is 4.58. The van der Waals surface area contributed by atoms with E-state index in [4.69, 9.17) is 32.7 Å². The fourth-order valence-corrected chi connectivity index (χ4v) is 1.57. The molecule has 1 aromatic rings. The van der Waals surface area contributed by atoms with E-state index in [-0.39, 0.29) is 0 Å². The van der Waals surface area contributed by atoms with Crippen LogP contribution in [0.2, 0.25) is 10.3 Å². The zero-order valence-electron chi connectivity index (χ0n) is 6.67. The number of rotatable bonds is 1. The summed E-state index contributed by atoms with van der Waals surface area (Å²) in [5.74, 6) is 0. The number of hydrogen-bond donors (Lipinski definition) is 0. The molecule has 1 fully saturated rings. The lowest BCUT2D eigenvalue weighted by Crippen LogP contribution is -1.99. The maximum absolute atomic E-state index is 5.85. The van der Waals surface area contributed by atoms with E-state index in [0.717, 1.165) is 5.56 Å². The SMILES string of the molecule is Clc1ccc(C2OCCO2)c(Cl)n1. The standard InChI is InChI=1S/C8H7Cl2NO2/c9-6-2-1-5(7(10)11-6)8-12-3-4-13-8/h1-2,8H,3-4H2. The van der Waals surface area contributed by atoms with Crippen LogP contribution in [-0.4, -0.2) is 18.2 Å². The van der Waals surface area contributed by atoms with Crippen molar-refractivity contribution in [3.63, 3.8) is 0 Å². The van der Waals surface area contributed by atoms with Crippen LogP contribution in [0.25, 0.3) is 0 Å². The predicted octanol–water partition coefficient (Wildman–Crippen LogP) is 2.43. The van der Waals surface area contributed by atoms with Crippen molar-refractivity contribution in [2.24, 2.45) is 0 Å². The summed E-state index contributed by atoms with van der Waals surface area (Å²) in [6.07, 6.45) is -0.391. The summed E-state index contributed by atoms with van der Waals surface area (Å²) in [6, 6.07) is 3.42. The van der Waals surface area contributed by atoms with Crippen LogP contribution in [0.1, 0.15) is 11.9 Å². The lowest BCUT2D eigenvalue weighted by Gasteiger charge is -2.09. The van der Waals surface area contributed by atoms with Gasteiger partial charge in [0.05, 0.1) is 13.2 Å². The van der Waals surface area contributed by atoms with Gasteiger partial charge in [0.2, 0.25) is 0 Å². The normalized spacial score (nSPS) is 18.0. The van der Waals surface area contributed by atoms with Crippen LogP contribution in [-0.2, 0) is 9.47 Å². The van der Waals surface area contributed by atoms with E-state index in [1.165, 1.54) is 0 Å². The maximum atomic E-state index is 5.85. The monoisotopic (exact) mass is 219 g/mol. The number of ether oxygens (including phenoxy) is 2. The van der Waals surface area contributed by atoms with Crippen molar-refractivity contribution in [3.05, 3.63) is 28.0 Å². The zero-order chi connectivity index (χ0) is 9.26. The maximum Gasteiger partial charge on any atom is 0.186 e. The Kier molecular flexibility index (Phi) is 2.69. The highest BCUT2D eigenvalue weighted by Crippen LogP contribution is 2.28. The van der Waals surface area contributed by atoms with Gasteiger partial charge in [0.15, 0.2) is 6.29 Å². The summed E-state index contributed by atoms with van der Waals surface area (Å²) in [4.78, 5) is 3.89. The molecule has 0 saturated carbocycles. The Hall–Kier alpha value is -0.350. The number of halogens is 2. The van der Waals surface area contributed by atoms with Gasteiger partial charge >= 0.3 is 0 Å². The molecule has 70 valence electrons. The first kappa shape index (κ1) is 9.21. The van der Waals surface area contributed by atoms with Gasteiger partial charge in [-0.1, -0.05) is 23.2 Å². The molecule has 2 heterocycles. The average Bonchev–Trinajstić information content (AvgIpc) is 2.56. The summed E-state index contributed by atoms with van der Waals surface area (Å²) in [6.45, 7) is 1.17. The molecule has 1 aliphatic heterocycles. The highest BCUT2D eigenvalue weighted by molar-refractivity contribution is 6.32. The van der Waals surface area contributed by atoms with E-state index in [0.29, 0.717) is 23.5 Å². The predicted molar refractivity (Wildman–Crippen MR) is 48.9 cm³/mol. The molecule has 5 heteroatoms. The molecule has 0 spiro atoms. The molecule has 2 rings (SSSR count). The van der Waals surface area contributed by atoms with E-state index in [1.54, 1.807) is 12.1 Å². The highest BCUT2D eigenvalue weighted by Gasteiger charge is 2.21. The lowest BCUT2D eigenvalue weighted by atomic mass is 10.3. The molecule has 0 N–H and O–H groups in total. The Morgan fingerprint density at radius 2 is 1.92 bits per heavy atom. The number of hydrogen-bond acceptors (Lipinski definition) is 3. The van der Waals surface area contributed by atoms with Crippen molar-refractivity contribution < 1.29 is 9.47 Å². The molecule has 0 bridgehead atoms. The summed E-state index contributed by atoms with van der Waals surface area (Å²) in [5.41, 5.74) is 0.726. The molecule has 1 aromatic heterocycles. The van der Waals surface area contributed by atoms with E-state index in [2.05, 4.69) is 4.98 Å². The minimum Gasteiger partial charge on any atom is -0.346 e. The van der Waals surface area contributed by atoms with Crippen LogP contribution in [0.15, 0.2) is 12.1 Å². The van der Waals surface area contributed by atoms with Crippen molar-refractivity contribution in [2.75, 3.05) is 13.2 Å². The van der Waals surface area contributed by atoms with Gasteiger partial charge in [-0.3, -0.25) is 0 Å². The van der Waals surface area contributed by atoms with Gasteiger partial charge in [-0.15, -0.1) is 0 Å². The van der Waals surface area contributed by atoms with E-state index in [1.807, 2.05) is 0 Å². The van der Waals surface area contributed by atoms with Crippen molar-refractivity contribution in [3.8, 4) is 0 Å². The van der Waals surface area contributed by atoms with Gasteiger partial charge in [-0.2, -0.15) is 0 Å². The number of pyridine rings is 1. The van der Waals surface area contributed by atoms with Gasteiger partial charge in [-0.25, -0.2) is 4.98 Å². The second kappa shape index (κ2) is 3.80. The van der Waals surface area contributed by atoms with Crippen molar-refractivity contribution in [2.45, 2.75) is 6.29 Å². The zero-order valence-corrected chi connectivity index (χ0v) is 8.18. The third-order valence-electron chi connectivity index (χ3n) is 1.72. The fourth-order valence-electron chi connectivity index (χ4n) is 1.14. The molecule has 0 aromatic carbocycles. The summed E-state index contributed by atoms with van der Waals surface area (Å²) in [7, 11) is 0. The second-order valence-corrected chi connectivity index (χ2v) is 3.33. The molecule has 0 radical (unpaired) electrons. The smallest absolute Gasteiger partial charge is 0.186 e. The molecule has 3 nitrogen and oxygen atoms in total. The van der Waals surface area contributed by atoms with Crippen molar-refractivity contribution in [1.82, 2.24) is 4.98 Å².